The first-order chi connectivity index (χ1) is 38.1. The molecule has 2 amide bonds. The molecule has 2 aromatic rings. The molecule has 8 atom stereocenters. The van der Waals surface area contributed by atoms with E-state index in [1.165, 1.54) is 45.2 Å². The van der Waals surface area contributed by atoms with Crippen LogP contribution in [0, 0.1) is 6.92 Å². The van der Waals surface area contributed by atoms with Gasteiger partial charge in [-0.1, -0.05) is 76.5 Å². The van der Waals surface area contributed by atoms with E-state index in [0.717, 1.165) is 68.2 Å². The predicted octanol–water partition coefficient (Wildman–Crippen LogP) is 1.92. The smallest absolute Gasteiger partial charge is 0.488 e. The molecule has 0 bridgehead atoms. The fourth-order valence-electron chi connectivity index (χ4n) is 8.13. The van der Waals surface area contributed by atoms with Crippen LogP contribution in [-0.2, 0) is 69.2 Å². The SMILES string of the molecule is C=C1NC(=O)C(C)=CN1[C@H]1C[C@@H](O)[C@@H](CO)O1.CCCCCCCNC(=O)CCOCCOCCOCCOCCn1cc(CCCCCCCCCO[P+](=O)[O-])nn1.Cc1cn([C@H]2C[C@@H](O[P+](=O)[O-])[C@@H](CO)O2)c(=O)[nH]c1=O. The van der Waals surface area contributed by atoms with E-state index in [1.54, 1.807) is 18.0 Å². The molecule has 6 N–H and O–H groups in total. The van der Waals surface area contributed by atoms with E-state index < -0.39 is 71.2 Å². The van der Waals surface area contributed by atoms with E-state index in [4.69, 9.17) is 38.6 Å². The van der Waals surface area contributed by atoms with Crippen molar-refractivity contribution < 1.29 is 81.3 Å². The summed E-state index contributed by atoms with van der Waals surface area (Å²) in [4.78, 5) is 70.8. The lowest BCUT2D eigenvalue weighted by molar-refractivity contribution is -0.191. The molecule has 0 aromatic carbocycles. The molecule has 2 saturated heterocycles. The maximum absolute atomic E-state index is 11.7. The number of carbonyl (C=O) groups excluding carboxylic acids is 2. The molecule has 5 rings (SSSR count). The molecular formula is C50H84N8O19P2. The fraction of sp³-hybridized carbons (Fsp3) is 0.760. The third-order valence-electron chi connectivity index (χ3n) is 12.5. The van der Waals surface area contributed by atoms with Gasteiger partial charge in [-0.15, -0.1) is 14.1 Å². The van der Waals surface area contributed by atoms with Crippen LogP contribution in [0.3, 0.4) is 0 Å². The highest BCUT2D eigenvalue weighted by atomic mass is 31.1. The number of amides is 2. The van der Waals surface area contributed by atoms with Crippen molar-refractivity contribution in [2.75, 3.05) is 79.2 Å². The minimum Gasteiger partial charge on any atom is -0.566 e. The molecule has 0 saturated carbocycles. The van der Waals surface area contributed by atoms with Crippen molar-refractivity contribution in [3.05, 3.63) is 68.7 Å². The third-order valence-corrected chi connectivity index (χ3v) is 13.3. The molecule has 5 heterocycles. The van der Waals surface area contributed by atoms with Crippen LogP contribution in [0.5, 0.6) is 0 Å². The molecule has 3 aliphatic rings. The van der Waals surface area contributed by atoms with E-state index in [2.05, 4.69) is 48.5 Å². The Kier molecular flexibility index (Phi) is 35.7. The molecule has 0 aliphatic carbocycles. The van der Waals surface area contributed by atoms with Gasteiger partial charge in [0.15, 0.2) is 0 Å². The van der Waals surface area contributed by atoms with Crippen molar-refractivity contribution in [2.24, 2.45) is 0 Å². The Hall–Kier alpha value is -4.28. The average molecular weight is 1160 g/mol. The van der Waals surface area contributed by atoms with E-state index >= 15 is 0 Å². The Morgan fingerprint density at radius 2 is 1.41 bits per heavy atom. The van der Waals surface area contributed by atoms with Gasteiger partial charge in [-0.2, -0.15) is 0 Å². The van der Waals surface area contributed by atoms with Crippen LogP contribution in [-0.4, -0.2) is 166 Å². The molecule has 2 fully saturated rings. The van der Waals surface area contributed by atoms with Gasteiger partial charge in [-0.05, 0) is 48.7 Å². The Labute approximate surface area is 463 Å². The molecule has 448 valence electrons. The number of carbonyl (C=O) groups is 2. The summed E-state index contributed by atoms with van der Waals surface area (Å²) >= 11 is 0. The number of aryl methyl sites for hydroxylation is 2. The zero-order chi connectivity index (χ0) is 57.8. The van der Waals surface area contributed by atoms with E-state index in [-0.39, 0.29) is 24.8 Å². The van der Waals surface area contributed by atoms with Gasteiger partial charge >= 0.3 is 22.2 Å². The van der Waals surface area contributed by atoms with Gasteiger partial charge in [0.25, 0.3) is 11.5 Å². The number of aromatic amines is 1. The maximum Gasteiger partial charge on any atom is 0.488 e. The molecule has 0 spiro atoms. The van der Waals surface area contributed by atoms with Gasteiger partial charge in [-0.3, -0.25) is 23.9 Å². The predicted molar refractivity (Wildman–Crippen MR) is 283 cm³/mol. The third kappa shape index (κ3) is 28.8. The molecule has 27 nitrogen and oxygen atoms in total. The van der Waals surface area contributed by atoms with Gasteiger partial charge in [0.2, 0.25) is 5.91 Å². The highest BCUT2D eigenvalue weighted by molar-refractivity contribution is 7.30. The average Bonchev–Trinajstić information content (AvgIpc) is 4.23. The first-order valence-electron chi connectivity index (χ1n) is 27.1. The topological polar surface area (TPSA) is 362 Å². The number of H-pyrrole nitrogens is 1. The van der Waals surface area contributed by atoms with Crippen LogP contribution in [0.15, 0.2) is 46.2 Å². The zero-order valence-corrected chi connectivity index (χ0v) is 47.7. The molecule has 2 unspecified atom stereocenters. The number of nitrogens with one attached hydrogen (secondary N) is 3. The lowest BCUT2D eigenvalue weighted by atomic mass is 10.1. The number of aliphatic hydroxyl groups excluding tert-OH is 3. The van der Waals surface area contributed by atoms with Gasteiger partial charge in [0.05, 0.1) is 84.4 Å². The minimum atomic E-state index is -3.09. The zero-order valence-electron chi connectivity index (χ0n) is 45.9. The van der Waals surface area contributed by atoms with Crippen molar-refractivity contribution in [1.29, 1.82) is 0 Å². The van der Waals surface area contributed by atoms with Crippen LogP contribution in [0.1, 0.15) is 128 Å². The Balaban J connectivity index is 0.000000361. The molecule has 29 heteroatoms. The van der Waals surface area contributed by atoms with Crippen LogP contribution < -0.4 is 31.7 Å². The van der Waals surface area contributed by atoms with Gasteiger partial charge in [0, 0.05) is 55.5 Å². The standard InChI is InChI=1S/C29H55N4O8P.C11H16N2O4.C10H13N2O7P/c1-2-3-4-9-12-16-30-29(34)15-19-37-21-23-39-25-26-40-24-22-38-20-17-33-27-28(31-32-33)14-11-8-6-5-7-10-13-18-41-42(35)36;1-6-4-13(7(2)12-11(6)16)10-3-8(15)9(5-14)17-10;1-5-3-12(10(15)11-9(5)14)8-2-6(19-20(16)17)7(4-13)18-8/h27H,2-26H2,1H3,(H,30,34);4,8-10,14-15H,2-3,5H2,1H3,(H,12,16);3,6-8,13H,2,4H2,1H3,(H,11,14,15)/t;8-,9-,10-;6-,7-,8-/m.11/s1. The Morgan fingerprint density at radius 3 is 2.04 bits per heavy atom. The lowest BCUT2D eigenvalue weighted by Gasteiger charge is -2.32. The van der Waals surface area contributed by atoms with Crippen molar-refractivity contribution in [3.8, 4) is 0 Å². The van der Waals surface area contributed by atoms with E-state index in [0.29, 0.717) is 95.8 Å². The second-order valence-corrected chi connectivity index (χ2v) is 20.2. The fourth-order valence-corrected chi connectivity index (χ4v) is 8.85. The van der Waals surface area contributed by atoms with E-state index in [1.807, 2.05) is 10.9 Å². The summed E-state index contributed by atoms with van der Waals surface area (Å²) in [5.74, 6) is 0.267. The van der Waals surface area contributed by atoms with Gasteiger partial charge in [0.1, 0.15) is 43.2 Å². The molecular weight excluding hydrogens is 1080 g/mol. The van der Waals surface area contributed by atoms with E-state index in [9.17, 15) is 43.2 Å². The summed E-state index contributed by atoms with van der Waals surface area (Å²) in [6.07, 6.45) is 15.8. The normalized spacial score (nSPS) is 20.3. The molecule has 0 radical (unpaired) electrons. The highest BCUT2D eigenvalue weighted by Gasteiger charge is 2.41. The summed E-state index contributed by atoms with van der Waals surface area (Å²) in [5, 5.41) is 41.7. The number of aromatic nitrogens is 5. The maximum atomic E-state index is 11.7. The summed E-state index contributed by atoms with van der Waals surface area (Å²) in [6, 6.07) is 0. The molecule has 3 aliphatic heterocycles. The van der Waals surface area contributed by atoms with Crippen LogP contribution in [0.25, 0.3) is 0 Å². The van der Waals surface area contributed by atoms with Gasteiger partial charge < -0.3 is 69.1 Å². The lowest BCUT2D eigenvalue weighted by Crippen LogP contribution is -2.42. The van der Waals surface area contributed by atoms with Crippen molar-refractivity contribution in [2.45, 2.75) is 167 Å². The number of hydrogen-bond acceptors (Lipinski definition) is 22. The van der Waals surface area contributed by atoms with Crippen molar-refractivity contribution in [1.82, 2.24) is 40.1 Å². The summed E-state index contributed by atoms with van der Waals surface area (Å²) < 4.78 is 65.9. The largest absolute Gasteiger partial charge is 0.566 e. The number of unbranched alkanes of at least 4 members (excludes halogenated alkanes) is 10. The minimum absolute atomic E-state index is 0.0445. The summed E-state index contributed by atoms with van der Waals surface area (Å²) in [7, 11) is -5.79. The first-order valence-corrected chi connectivity index (χ1v) is 29.3. The number of hydrogen-bond donors (Lipinski definition) is 6. The number of ether oxygens (including phenoxy) is 6. The highest BCUT2D eigenvalue weighted by Crippen LogP contribution is 2.33. The summed E-state index contributed by atoms with van der Waals surface area (Å²) in [5.41, 5.74) is 0.686. The quantitative estimate of drug-likeness (QED) is 0.0413. The van der Waals surface area contributed by atoms with Crippen molar-refractivity contribution in [3.63, 3.8) is 0 Å². The number of aliphatic hydroxyl groups is 3. The molecule has 79 heavy (non-hydrogen) atoms. The van der Waals surface area contributed by atoms with Gasteiger partial charge in [-0.25, -0.2) is 9.48 Å². The Morgan fingerprint density at radius 1 is 0.797 bits per heavy atom. The second kappa shape index (κ2) is 40.8. The molecule has 2 aromatic heterocycles. The van der Waals surface area contributed by atoms with Crippen LogP contribution in [0.4, 0.5) is 0 Å². The van der Waals surface area contributed by atoms with Crippen molar-refractivity contribution >= 4 is 28.3 Å². The van der Waals surface area contributed by atoms with Crippen LogP contribution in [0.2, 0.25) is 0 Å². The first kappa shape index (κ1) is 69.0. The second-order valence-electron chi connectivity index (χ2n) is 18.8. The van der Waals surface area contributed by atoms with Crippen LogP contribution >= 0.6 is 16.5 Å². The summed E-state index contributed by atoms with van der Waals surface area (Å²) in [6.45, 7) is 14.1. The number of rotatable bonds is 38. The Bertz CT molecular complexity index is 2250. The number of nitrogens with zero attached hydrogens (tertiary/aromatic N) is 5. The monoisotopic (exact) mass is 1160 g/mol.